The van der Waals surface area contributed by atoms with Crippen LogP contribution in [0, 0.1) is 12.7 Å². The number of anilines is 1. The average molecular weight is 624 g/mol. The van der Waals surface area contributed by atoms with E-state index in [1.54, 1.807) is 33.0 Å². The molecule has 0 unspecified atom stereocenters. The second kappa shape index (κ2) is 13.2. The Labute approximate surface area is 255 Å². The van der Waals surface area contributed by atoms with Gasteiger partial charge >= 0.3 is 6.18 Å². The molecule has 0 saturated carbocycles. The highest BCUT2D eigenvalue weighted by molar-refractivity contribution is 6.09. The van der Waals surface area contributed by atoms with Crippen molar-refractivity contribution >= 4 is 23.3 Å². The number of aromatic nitrogens is 2. The zero-order valence-electron chi connectivity index (χ0n) is 24.7. The van der Waals surface area contributed by atoms with Gasteiger partial charge in [0.2, 0.25) is 5.91 Å². The quantitative estimate of drug-likeness (QED) is 0.186. The van der Waals surface area contributed by atoms with Crippen molar-refractivity contribution in [2.45, 2.75) is 32.6 Å². The number of amides is 2. The van der Waals surface area contributed by atoms with Crippen molar-refractivity contribution < 1.29 is 31.9 Å². The second-order valence-electron chi connectivity index (χ2n) is 10.2. The Kier molecular flexibility index (Phi) is 9.62. The molecule has 9 nitrogen and oxygen atoms in total. The lowest BCUT2D eigenvalue weighted by atomic mass is 9.98. The topological polar surface area (TPSA) is 122 Å². The van der Waals surface area contributed by atoms with Gasteiger partial charge in [0.25, 0.3) is 11.5 Å². The summed E-state index contributed by atoms with van der Waals surface area (Å²) in [6.45, 7) is 2.77. The van der Waals surface area contributed by atoms with Crippen LogP contribution in [0.2, 0.25) is 0 Å². The van der Waals surface area contributed by atoms with E-state index in [9.17, 15) is 36.7 Å². The summed E-state index contributed by atoms with van der Waals surface area (Å²) in [6.07, 6.45) is -3.71. The first-order chi connectivity index (χ1) is 21.2. The van der Waals surface area contributed by atoms with Crippen LogP contribution in [0.5, 0.6) is 0 Å². The van der Waals surface area contributed by atoms with E-state index in [4.69, 9.17) is 0 Å². The average Bonchev–Trinajstić information content (AvgIpc) is 3.02. The highest BCUT2D eigenvalue weighted by Gasteiger charge is 2.32. The fraction of sp³-hybridized carbons (Fsp3) is 0.219. The first-order valence-electron chi connectivity index (χ1n) is 13.7. The number of halogens is 4. The number of nitrogens with one attached hydrogen (secondary N) is 3. The normalized spacial score (nSPS) is 12.0. The highest BCUT2D eigenvalue weighted by atomic mass is 19.4. The molecule has 3 aromatic carbocycles. The van der Waals surface area contributed by atoms with Crippen molar-refractivity contribution in [1.82, 2.24) is 20.2 Å². The number of benzene rings is 3. The molecule has 4 rings (SSSR count). The molecule has 13 heteroatoms. The van der Waals surface area contributed by atoms with Crippen molar-refractivity contribution in [3.05, 3.63) is 116 Å². The minimum Gasteiger partial charge on any atom is -0.355 e. The number of alkyl halides is 3. The number of likely N-dealkylation sites (N-methyl/N-ethyl adjacent to an activating group) is 1. The zero-order valence-corrected chi connectivity index (χ0v) is 24.7. The third kappa shape index (κ3) is 7.32. The first-order valence-corrected chi connectivity index (χ1v) is 13.7. The van der Waals surface area contributed by atoms with E-state index in [1.807, 2.05) is 0 Å². The van der Waals surface area contributed by atoms with Crippen molar-refractivity contribution in [3.8, 4) is 11.4 Å². The Morgan fingerprint density at radius 1 is 0.933 bits per heavy atom. The Hall–Kier alpha value is -5.17. The number of nitrogens with zero attached hydrogens (tertiary/aromatic N) is 2. The molecule has 0 spiro atoms. The maximum atomic E-state index is 14.0. The summed E-state index contributed by atoms with van der Waals surface area (Å²) in [5.41, 5.74) is -1.43. The first kappa shape index (κ1) is 32.7. The SMILES string of the molecule is CNC(=O)c1ccc(C)c(-c2ncc(NC(=O)[C@H](C)NC)c(=O)n2Cc2cc(C(=O)c3ccc(F)cc3)cc(C(F)(F)F)c2)c1. The van der Waals surface area contributed by atoms with Crippen molar-refractivity contribution in [2.24, 2.45) is 0 Å². The van der Waals surface area contributed by atoms with Gasteiger partial charge in [0, 0.05) is 29.3 Å². The van der Waals surface area contributed by atoms with Crippen molar-refractivity contribution in [3.63, 3.8) is 0 Å². The van der Waals surface area contributed by atoms with Crippen molar-refractivity contribution in [2.75, 3.05) is 19.4 Å². The van der Waals surface area contributed by atoms with E-state index in [-0.39, 0.29) is 33.8 Å². The summed E-state index contributed by atoms with van der Waals surface area (Å²) < 4.78 is 56.6. The summed E-state index contributed by atoms with van der Waals surface area (Å²) >= 11 is 0. The van der Waals surface area contributed by atoms with Gasteiger partial charge in [-0.15, -0.1) is 0 Å². The molecule has 1 atom stereocenters. The van der Waals surface area contributed by atoms with Crippen LogP contribution in [0.3, 0.4) is 0 Å². The number of rotatable bonds is 9. The largest absolute Gasteiger partial charge is 0.416 e. The van der Waals surface area contributed by atoms with Gasteiger partial charge in [-0.3, -0.25) is 23.7 Å². The fourth-order valence-electron chi connectivity index (χ4n) is 4.49. The van der Waals surface area contributed by atoms with Gasteiger partial charge in [0.15, 0.2) is 5.78 Å². The molecule has 0 saturated heterocycles. The molecule has 234 valence electrons. The molecule has 1 heterocycles. The fourth-order valence-corrected chi connectivity index (χ4v) is 4.49. The van der Waals surface area contributed by atoms with E-state index in [0.717, 1.165) is 41.1 Å². The molecule has 1 aromatic heterocycles. The maximum absolute atomic E-state index is 14.0. The zero-order chi connectivity index (χ0) is 33.1. The van der Waals surface area contributed by atoms with Crippen molar-refractivity contribution in [1.29, 1.82) is 0 Å². The molecule has 2 amide bonds. The summed E-state index contributed by atoms with van der Waals surface area (Å²) in [4.78, 5) is 56.4. The number of carbonyl (C=O) groups is 3. The molecule has 0 aliphatic rings. The third-order valence-electron chi connectivity index (χ3n) is 7.13. The van der Waals surface area contributed by atoms with Crippen LogP contribution in [0.15, 0.2) is 71.7 Å². The van der Waals surface area contributed by atoms with Crippen LogP contribution in [0.4, 0.5) is 23.2 Å². The molecule has 0 aliphatic carbocycles. The van der Waals surface area contributed by atoms with Gasteiger partial charge in [-0.1, -0.05) is 6.07 Å². The Morgan fingerprint density at radius 3 is 2.22 bits per heavy atom. The van der Waals surface area contributed by atoms with Crippen LogP contribution >= 0.6 is 0 Å². The molecule has 0 aliphatic heterocycles. The Bertz CT molecular complexity index is 1840. The lowest BCUT2D eigenvalue weighted by Crippen LogP contribution is -2.38. The summed E-state index contributed by atoms with van der Waals surface area (Å²) in [6, 6.07) is 11.0. The second-order valence-corrected chi connectivity index (χ2v) is 10.2. The van der Waals surface area contributed by atoms with Gasteiger partial charge in [0.05, 0.1) is 24.3 Å². The monoisotopic (exact) mass is 623 g/mol. The third-order valence-corrected chi connectivity index (χ3v) is 7.13. The van der Waals surface area contributed by atoms with E-state index in [0.29, 0.717) is 17.2 Å². The molecular weight excluding hydrogens is 594 g/mol. The van der Waals surface area contributed by atoms with Gasteiger partial charge in [-0.05, 0) is 86.6 Å². The van der Waals surface area contributed by atoms with E-state index in [1.165, 1.54) is 19.2 Å². The Morgan fingerprint density at radius 2 is 1.60 bits per heavy atom. The number of hydrogen-bond acceptors (Lipinski definition) is 6. The molecular formula is C32H29F4N5O4. The van der Waals surface area contributed by atoms with E-state index >= 15 is 0 Å². The molecule has 0 radical (unpaired) electrons. The standard InChI is InChI=1S/C32H29F4N5O4/c1-17-5-6-21(30(44)38-4)14-25(17)28-39-15-26(40-29(43)18(2)37-3)31(45)41(28)16-19-11-22(13-23(12-19)32(34,35)36)27(42)20-7-9-24(33)10-8-20/h5-15,18,37H,16H2,1-4H3,(H,38,44)(H,40,43)/t18-/m0/s1. The van der Waals surface area contributed by atoms with Crippen LogP contribution < -0.4 is 21.5 Å². The predicted molar refractivity (Wildman–Crippen MR) is 160 cm³/mol. The number of aryl methyl sites for hydroxylation is 1. The van der Waals surface area contributed by atoms with Crippen LogP contribution in [0.25, 0.3) is 11.4 Å². The molecule has 3 N–H and O–H groups in total. The summed E-state index contributed by atoms with van der Waals surface area (Å²) in [5, 5.41) is 7.73. The van der Waals surface area contributed by atoms with Crippen LogP contribution in [0.1, 0.15) is 49.9 Å². The lowest BCUT2D eigenvalue weighted by molar-refractivity contribution is -0.137. The molecule has 45 heavy (non-hydrogen) atoms. The van der Waals surface area contributed by atoms with Gasteiger partial charge in [0.1, 0.15) is 17.3 Å². The molecule has 0 fully saturated rings. The molecule has 0 bridgehead atoms. The van der Waals surface area contributed by atoms with E-state index < -0.39 is 53.3 Å². The predicted octanol–water partition coefficient (Wildman–Crippen LogP) is 4.56. The number of carbonyl (C=O) groups excluding carboxylic acids is 3. The minimum absolute atomic E-state index is 0.00624. The van der Waals surface area contributed by atoms with Crippen LogP contribution in [-0.4, -0.2) is 47.3 Å². The van der Waals surface area contributed by atoms with Gasteiger partial charge in [-0.2, -0.15) is 13.2 Å². The highest BCUT2D eigenvalue weighted by Crippen LogP contribution is 2.32. The minimum atomic E-state index is -4.85. The molecule has 4 aromatic rings. The smallest absolute Gasteiger partial charge is 0.355 e. The summed E-state index contributed by atoms with van der Waals surface area (Å²) in [5.74, 6) is -2.38. The number of ketones is 1. The lowest BCUT2D eigenvalue weighted by Gasteiger charge is -2.18. The van der Waals surface area contributed by atoms with Gasteiger partial charge < -0.3 is 16.0 Å². The van der Waals surface area contributed by atoms with E-state index in [2.05, 4.69) is 20.9 Å². The van der Waals surface area contributed by atoms with Gasteiger partial charge in [-0.25, -0.2) is 9.37 Å². The number of hydrogen-bond donors (Lipinski definition) is 3. The summed E-state index contributed by atoms with van der Waals surface area (Å²) in [7, 11) is 2.99. The maximum Gasteiger partial charge on any atom is 0.416 e. The Balaban J connectivity index is 1.92. The van der Waals surface area contributed by atoms with Crippen LogP contribution in [-0.2, 0) is 17.5 Å².